The SMILES string of the molecule is COC(=O)c1ccc(-n2c(C)ccc2-c2ccccc2)cc1Cl. The number of ether oxygens (including phenoxy) is 1. The van der Waals surface area contributed by atoms with Crippen LogP contribution in [0.3, 0.4) is 0 Å². The van der Waals surface area contributed by atoms with E-state index < -0.39 is 5.97 Å². The summed E-state index contributed by atoms with van der Waals surface area (Å²) in [7, 11) is 1.34. The van der Waals surface area contributed by atoms with Crippen molar-refractivity contribution in [2.75, 3.05) is 7.11 Å². The fraction of sp³-hybridized carbons (Fsp3) is 0.105. The van der Waals surface area contributed by atoms with Crippen molar-refractivity contribution in [1.29, 1.82) is 0 Å². The molecule has 0 saturated heterocycles. The Labute approximate surface area is 140 Å². The van der Waals surface area contributed by atoms with Gasteiger partial charge in [0.25, 0.3) is 0 Å². The fourth-order valence-corrected chi connectivity index (χ4v) is 2.89. The molecule has 0 bridgehead atoms. The van der Waals surface area contributed by atoms with Gasteiger partial charge in [0.15, 0.2) is 0 Å². The van der Waals surface area contributed by atoms with Crippen molar-refractivity contribution in [1.82, 2.24) is 4.57 Å². The van der Waals surface area contributed by atoms with Gasteiger partial charge in [-0.3, -0.25) is 0 Å². The molecule has 0 unspecified atom stereocenters. The first-order valence-corrected chi connectivity index (χ1v) is 7.61. The first-order valence-electron chi connectivity index (χ1n) is 7.24. The van der Waals surface area contributed by atoms with Crippen LogP contribution in [-0.2, 0) is 4.74 Å². The number of carbonyl (C=O) groups excluding carboxylic acids is 1. The zero-order chi connectivity index (χ0) is 16.4. The number of hydrogen-bond donors (Lipinski definition) is 0. The molecule has 0 aliphatic rings. The van der Waals surface area contributed by atoms with Gasteiger partial charge in [0, 0.05) is 11.4 Å². The quantitative estimate of drug-likeness (QED) is 0.642. The molecule has 116 valence electrons. The van der Waals surface area contributed by atoms with Gasteiger partial charge < -0.3 is 9.30 Å². The van der Waals surface area contributed by atoms with Gasteiger partial charge in [-0.15, -0.1) is 0 Å². The summed E-state index contributed by atoms with van der Waals surface area (Å²) in [5, 5.41) is 0.376. The van der Waals surface area contributed by atoms with Crippen LogP contribution < -0.4 is 0 Å². The van der Waals surface area contributed by atoms with Crippen LogP contribution in [0.4, 0.5) is 0 Å². The Bertz CT molecular complexity index is 853. The van der Waals surface area contributed by atoms with Crippen LogP contribution in [0, 0.1) is 6.92 Å². The number of aromatic nitrogens is 1. The lowest BCUT2D eigenvalue weighted by Crippen LogP contribution is -2.04. The maximum absolute atomic E-state index is 11.7. The standard InChI is InChI=1S/C19H16ClNO2/c1-13-8-11-18(14-6-4-3-5-7-14)21(13)15-9-10-16(17(20)12-15)19(22)23-2/h3-12H,1-2H3. The largest absolute Gasteiger partial charge is 0.465 e. The molecular weight excluding hydrogens is 310 g/mol. The normalized spacial score (nSPS) is 10.6. The van der Waals surface area contributed by atoms with Crippen LogP contribution in [0.5, 0.6) is 0 Å². The lowest BCUT2D eigenvalue weighted by molar-refractivity contribution is 0.0601. The minimum absolute atomic E-state index is 0.365. The second kappa shape index (κ2) is 6.31. The maximum Gasteiger partial charge on any atom is 0.339 e. The van der Waals surface area contributed by atoms with Crippen LogP contribution in [0.15, 0.2) is 60.7 Å². The Kier molecular flexibility index (Phi) is 4.22. The third-order valence-electron chi connectivity index (χ3n) is 3.76. The lowest BCUT2D eigenvalue weighted by atomic mass is 10.1. The molecule has 1 aromatic heterocycles. The van der Waals surface area contributed by atoms with Crippen LogP contribution in [0.1, 0.15) is 16.1 Å². The van der Waals surface area contributed by atoms with Gasteiger partial charge in [-0.25, -0.2) is 4.79 Å². The number of benzene rings is 2. The van der Waals surface area contributed by atoms with E-state index in [0.29, 0.717) is 10.6 Å². The van der Waals surface area contributed by atoms with Crippen molar-refractivity contribution >= 4 is 17.6 Å². The molecule has 3 rings (SSSR count). The molecule has 2 aromatic carbocycles. The van der Waals surface area contributed by atoms with Gasteiger partial charge in [-0.2, -0.15) is 0 Å². The molecule has 0 fully saturated rings. The molecule has 0 spiro atoms. The highest BCUT2D eigenvalue weighted by Crippen LogP contribution is 2.29. The number of rotatable bonds is 3. The van der Waals surface area contributed by atoms with E-state index in [4.69, 9.17) is 16.3 Å². The highest BCUT2D eigenvalue weighted by molar-refractivity contribution is 6.33. The van der Waals surface area contributed by atoms with Gasteiger partial charge in [-0.05, 0) is 42.8 Å². The average molecular weight is 326 g/mol. The van der Waals surface area contributed by atoms with Gasteiger partial charge >= 0.3 is 5.97 Å². The number of halogens is 1. The Morgan fingerprint density at radius 2 is 1.78 bits per heavy atom. The van der Waals surface area contributed by atoms with Crippen molar-refractivity contribution in [3.05, 3.63) is 76.9 Å². The van der Waals surface area contributed by atoms with E-state index in [2.05, 4.69) is 28.8 Å². The Balaban J connectivity index is 2.11. The molecule has 0 aliphatic carbocycles. The maximum atomic E-state index is 11.7. The van der Waals surface area contributed by atoms with Gasteiger partial charge in [0.1, 0.15) is 0 Å². The molecule has 23 heavy (non-hydrogen) atoms. The van der Waals surface area contributed by atoms with E-state index in [9.17, 15) is 4.79 Å². The summed E-state index contributed by atoms with van der Waals surface area (Å²) in [4.78, 5) is 11.7. The number of nitrogens with zero attached hydrogens (tertiary/aromatic N) is 1. The van der Waals surface area contributed by atoms with Crippen molar-refractivity contribution in [3.63, 3.8) is 0 Å². The summed E-state index contributed by atoms with van der Waals surface area (Å²) in [5.74, 6) is -0.436. The molecule has 3 nitrogen and oxygen atoms in total. The zero-order valence-electron chi connectivity index (χ0n) is 12.9. The minimum Gasteiger partial charge on any atom is -0.465 e. The average Bonchev–Trinajstić information content (AvgIpc) is 2.96. The van der Waals surface area contributed by atoms with Gasteiger partial charge in [-0.1, -0.05) is 41.9 Å². The Hall–Kier alpha value is -2.52. The molecule has 0 atom stereocenters. The zero-order valence-corrected chi connectivity index (χ0v) is 13.7. The molecule has 0 radical (unpaired) electrons. The molecule has 0 aliphatic heterocycles. The number of hydrogen-bond acceptors (Lipinski definition) is 2. The van der Waals surface area contributed by atoms with Gasteiger partial charge in [0.05, 0.1) is 23.4 Å². The second-order valence-electron chi connectivity index (χ2n) is 5.22. The van der Waals surface area contributed by atoms with E-state index in [1.165, 1.54) is 7.11 Å². The molecule has 0 N–H and O–H groups in total. The number of methoxy groups -OCH3 is 1. The smallest absolute Gasteiger partial charge is 0.339 e. The van der Waals surface area contributed by atoms with Crippen LogP contribution in [-0.4, -0.2) is 17.6 Å². The van der Waals surface area contributed by atoms with Crippen molar-refractivity contribution in [2.24, 2.45) is 0 Å². The first kappa shape index (κ1) is 15.4. The van der Waals surface area contributed by atoms with E-state index in [1.807, 2.05) is 31.2 Å². The van der Waals surface area contributed by atoms with Crippen LogP contribution in [0.25, 0.3) is 16.9 Å². The highest BCUT2D eigenvalue weighted by Gasteiger charge is 2.14. The summed E-state index contributed by atoms with van der Waals surface area (Å²) in [6, 6.07) is 19.6. The number of aryl methyl sites for hydroxylation is 1. The van der Waals surface area contributed by atoms with E-state index in [1.54, 1.807) is 12.1 Å². The molecular formula is C19H16ClNO2. The van der Waals surface area contributed by atoms with Crippen LogP contribution in [0.2, 0.25) is 5.02 Å². The third kappa shape index (κ3) is 2.88. The van der Waals surface area contributed by atoms with Crippen LogP contribution >= 0.6 is 11.6 Å². The highest BCUT2D eigenvalue weighted by atomic mass is 35.5. The topological polar surface area (TPSA) is 31.2 Å². The summed E-state index contributed by atoms with van der Waals surface area (Å²) >= 11 is 6.26. The summed E-state index contributed by atoms with van der Waals surface area (Å²) in [6.07, 6.45) is 0. The third-order valence-corrected chi connectivity index (χ3v) is 4.07. The molecule has 0 saturated carbocycles. The summed E-state index contributed by atoms with van der Waals surface area (Å²) in [5.41, 5.74) is 4.55. The van der Waals surface area contributed by atoms with E-state index >= 15 is 0 Å². The summed E-state index contributed by atoms with van der Waals surface area (Å²) in [6.45, 7) is 2.04. The monoisotopic (exact) mass is 325 g/mol. The molecule has 1 heterocycles. The lowest BCUT2D eigenvalue weighted by Gasteiger charge is -2.13. The summed E-state index contributed by atoms with van der Waals surface area (Å²) < 4.78 is 6.85. The van der Waals surface area contributed by atoms with E-state index in [-0.39, 0.29) is 0 Å². The Morgan fingerprint density at radius 3 is 2.43 bits per heavy atom. The van der Waals surface area contributed by atoms with Gasteiger partial charge in [0.2, 0.25) is 0 Å². The first-order chi connectivity index (χ1) is 11.1. The molecule has 0 amide bonds. The molecule has 3 aromatic rings. The van der Waals surface area contributed by atoms with Crippen molar-refractivity contribution in [2.45, 2.75) is 6.92 Å². The van der Waals surface area contributed by atoms with E-state index in [0.717, 1.165) is 22.6 Å². The number of carbonyl (C=O) groups is 1. The predicted octanol–water partition coefficient (Wildman–Crippen LogP) is 4.89. The second-order valence-corrected chi connectivity index (χ2v) is 5.62. The minimum atomic E-state index is -0.436. The number of esters is 1. The van der Waals surface area contributed by atoms with Crippen molar-refractivity contribution in [3.8, 4) is 16.9 Å². The fourth-order valence-electron chi connectivity index (χ4n) is 2.63. The predicted molar refractivity (Wildman–Crippen MR) is 92.3 cm³/mol. The Morgan fingerprint density at radius 1 is 1.04 bits per heavy atom. The van der Waals surface area contributed by atoms with Crippen molar-refractivity contribution < 1.29 is 9.53 Å². The molecule has 4 heteroatoms.